The summed E-state index contributed by atoms with van der Waals surface area (Å²) in [6.07, 6.45) is 7.31. The number of hydrogen-bond donors (Lipinski definition) is 0. The Labute approximate surface area is 100 Å². The molecule has 0 spiro atoms. The first-order valence-electron chi connectivity index (χ1n) is 5.56. The molecule has 2 aliphatic rings. The van der Waals surface area contributed by atoms with Crippen molar-refractivity contribution in [1.82, 2.24) is 4.90 Å². The first-order valence-corrected chi connectivity index (χ1v) is 5.56. The zero-order valence-electron chi connectivity index (χ0n) is 9.72. The minimum atomic E-state index is -0.792. The van der Waals surface area contributed by atoms with E-state index in [1.54, 1.807) is 11.9 Å². The van der Waals surface area contributed by atoms with Gasteiger partial charge in [-0.15, -0.1) is 0 Å². The van der Waals surface area contributed by atoms with Crippen LogP contribution in [0.5, 0.6) is 0 Å². The first-order chi connectivity index (χ1) is 8.13. The van der Waals surface area contributed by atoms with E-state index < -0.39 is 7.12 Å². The SMILES string of the molecule is CN1CC(=O)OB(C/C=C/C2=CC2)OC(=O)C1. The van der Waals surface area contributed by atoms with Gasteiger partial charge in [-0.25, -0.2) is 0 Å². The molecule has 1 aliphatic heterocycles. The van der Waals surface area contributed by atoms with E-state index in [1.165, 1.54) is 5.57 Å². The van der Waals surface area contributed by atoms with Crippen LogP contribution >= 0.6 is 0 Å². The molecule has 1 heterocycles. The molecule has 1 fully saturated rings. The van der Waals surface area contributed by atoms with Crippen LogP contribution in [-0.2, 0) is 18.9 Å². The fourth-order valence-electron chi connectivity index (χ4n) is 1.51. The summed E-state index contributed by atoms with van der Waals surface area (Å²) < 4.78 is 10.1. The Morgan fingerprint density at radius 1 is 1.35 bits per heavy atom. The van der Waals surface area contributed by atoms with E-state index in [-0.39, 0.29) is 25.0 Å². The summed E-state index contributed by atoms with van der Waals surface area (Å²) in [5.74, 6) is -0.743. The van der Waals surface area contributed by atoms with Crippen molar-refractivity contribution >= 4 is 19.1 Å². The molecule has 1 aliphatic carbocycles. The van der Waals surface area contributed by atoms with Crippen LogP contribution in [0.3, 0.4) is 0 Å². The third-order valence-corrected chi connectivity index (χ3v) is 2.42. The van der Waals surface area contributed by atoms with E-state index in [1.807, 2.05) is 12.2 Å². The number of likely N-dealkylation sites (N-methyl/N-ethyl adjacent to an activating group) is 1. The Kier molecular flexibility index (Phi) is 3.63. The van der Waals surface area contributed by atoms with Crippen molar-refractivity contribution < 1.29 is 18.9 Å². The molecule has 6 heteroatoms. The van der Waals surface area contributed by atoms with E-state index in [0.29, 0.717) is 6.32 Å². The highest BCUT2D eigenvalue weighted by molar-refractivity contribution is 6.49. The van der Waals surface area contributed by atoms with E-state index in [4.69, 9.17) is 9.31 Å². The second kappa shape index (κ2) is 5.18. The highest BCUT2D eigenvalue weighted by Crippen LogP contribution is 2.19. The van der Waals surface area contributed by atoms with Crippen molar-refractivity contribution in [3.8, 4) is 0 Å². The molecular weight excluding hydrogens is 221 g/mol. The molecule has 0 saturated carbocycles. The van der Waals surface area contributed by atoms with Crippen molar-refractivity contribution in [2.75, 3.05) is 20.1 Å². The molecule has 0 aromatic heterocycles. The topological polar surface area (TPSA) is 55.8 Å². The zero-order valence-corrected chi connectivity index (χ0v) is 9.72. The summed E-state index contributed by atoms with van der Waals surface area (Å²) >= 11 is 0. The number of nitrogens with zero attached hydrogens (tertiary/aromatic N) is 1. The molecule has 1 saturated heterocycles. The maximum atomic E-state index is 11.4. The predicted molar refractivity (Wildman–Crippen MR) is 62.1 cm³/mol. The molecule has 0 bridgehead atoms. The fraction of sp³-hybridized carbons (Fsp3) is 0.455. The lowest BCUT2D eigenvalue weighted by molar-refractivity contribution is -0.145. The molecule has 0 N–H and O–H groups in total. The summed E-state index contributed by atoms with van der Waals surface area (Å²) in [6.45, 7) is 0.223. The lowest BCUT2D eigenvalue weighted by atomic mass is 9.84. The summed E-state index contributed by atoms with van der Waals surface area (Å²) in [4.78, 5) is 24.3. The van der Waals surface area contributed by atoms with Gasteiger partial charge >= 0.3 is 19.1 Å². The Morgan fingerprint density at radius 3 is 2.47 bits per heavy atom. The number of carbonyl (C=O) groups is 2. The molecule has 0 radical (unpaired) electrons. The van der Waals surface area contributed by atoms with Gasteiger partial charge < -0.3 is 9.31 Å². The van der Waals surface area contributed by atoms with Crippen LogP contribution in [-0.4, -0.2) is 44.1 Å². The van der Waals surface area contributed by atoms with Crippen LogP contribution in [0.15, 0.2) is 23.8 Å². The standard InChI is InChI=1S/C11H14BNO4/c1-13-7-10(14)16-12(17-11(15)8-13)6-2-3-9-4-5-9/h2-4H,5-8H2,1H3/b3-2+. The minimum absolute atomic E-state index is 0.112. The monoisotopic (exact) mass is 235 g/mol. The number of carbonyl (C=O) groups excluding carboxylic acids is 2. The minimum Gasteiger partial charge on any atom is -0.498 e. The summed E-state index contributed by atoms with van der Waals surface area (Å²) in [5.41, 5.74) is 1.26. The lowest BCUT2D eigenvalue weighted by Crippen LogP contribution is -2.42. The Hall–Kier alpha value is -1.56. The van der Waals surface area contributed by atoms with Crippen LogP contribution < -0.4 is 0 Å². The molecule has 2 rings (SSSR count). The first kappa shape index (κ1) is 11.9. The van der Waals surface area contributed by atoms with Crippen LogP contribution in [0.2, 0.25) is 6.32 Å². The molecule has 5 nitrogen and oxygen atoms in total. The highest BCUT2D eigenvalue weighted by atomic mass is 16.6. The highest BCUT2D eigenvalue weighted by Gasteiger charge is 2.30. The maximum absolute atomic E-state index is 11.4. The molecule has 17 heavy (non-hydrogen) atoms. The van der Waals surface area contributed by atoms with Crippen molar-refractivity contribution in [1.29, 1.82) is 0 Å². The molecule has 90 valence electrons. The van der Waals surface area contributed by atoms with Crippen LogP contribution in [0, 0.1) is 0 Å². The predicted octanol–water partition coefficient (Wildman–Crippen LogP) is 0.393. The average Bonchev–Trinajstić information content (AvgIpc) is 2.98. The van der Waals surface area contributed by atoms with Gasteiger partial charge in [-0.2, -0.15) is 0 Å². The number of rotatable bonds is 3. The number of hydrogen-bond acceptors (Lipinski definition) is 5. The van der Waals surface area contributed by atoms with Gasteiger partial charge in [-0.05, 0) is 19.0 Å². The fourth-order valence-corrected chi connectivity index (χ4v) is 1.51. The van der Waals surface area contributed by atoms with Crippen molar-refractivity contribution in [3.05, 3.63) is 23.8 Å². The number of allylic oxidation sites excluding steroid dienone is 4. The van der Waals surface area contributed by atoms with Gasteiger partial charge in [-0.3, -0.25) is 14.5 Å². The van der Waals surface area contributed by atoms with Gasteiger partial charge in [0.15, 0.2) is 0 Å². The second-order valence-electron chi connectivity index (χ2n) is 4.20. The van der Waals surface area contributed by atoms with Gasteiger partial charge in [0.05, 0.1) is 13.1 Å². The Morgan fingerprint density at radius 2 is 1.94 bits per heavy atom. The molecule has 0 unspecified atom stereocenters. The third kappa shape index (κ3) is 4.07. The molecule has 0 atom stereocenters. The Bertz CT molecular complexity index is 371. The Balaban J connectivity index is 1.88. The second-order valence-corrected chi connectivity index (χ2v) is 4.20. The van der Waals surface area contributed by atoms with E-state index in [2.05, 4.69) is 6.08 Å². The van der Waals surface area contributed by atoms with Gasteiger partial charge in [0.25, 0.3) is 0 Å². The van der Waals surface area contributed by atoms with Gasteiger partial charge in [0.2, 0.25) is 0 Å². The van der Waals surface area contributed by atoms with Crippen LogP contribution in [0.1, 0.15) is 6.42 Å². The average molecular weight is 235 g/mol. The summed E-state index contributed by atoms with van der Waals surface area (Å²) in [6, 6.07) is 0. The van der Waals surface area contributed by atoms with Crippen molar-refractivity contribution in [2.24, 2.45) is 0 Å². The van der Waals surface area contributed by atoms with Crippen molar-refractivity contribution in [3.63, 3.8) is 0 Å². The van der Waals surface area contributed by atoms with E-state index in [9.17, 15) is 9.59 Å². The zero-order chi connectivity index (χ0) is 12.3. The molecule has 0 amide bonds. The van der Waals surface area contributed by atoms with Crippen LogP contribution in [0.25, 0.3) is 0 Å². The van der Waals surface area contributed by atoms with Gasteiger partial charge in [0, 0.05) is 6.32 Å². The van der Waals surface area contributed by atoms with Crippen molar-refractivity contribution in [2.45, 2.75) is 12.7 Å². The van der Waals surface area contributed by atoms with Crippen LogP contribution in [0.4, 0.5) is 0 Å². The van der Waals surface area contributed by atoms with E-state index >= 15 is 0 Å². The summed E-state index contributed by atoms with van der Waals surface area (Å²) in [5, 5.41) is 0. The third-order valence-electron chi connectivity index (χ3n) is 2.42. The normalized spacial score (nSPS) is 21.7. The molecular formula is C11H14BNO4. The molecule has 0 aromatic carbocycles. The summed E-state index contributed by atoms with van der Waals surface area (Å²) in [7, 11) is 0.877. The quantitative estimate of drug-likeness (QED) is 0.662. The van der Waals surface area contributed by atoms with Gasteiger partial charge in [0.1, 0.15) is 0 Å². The smallest absolute Gasteiger partial charge is 0.498 e. The maximum Gasteiger partial charge on any atom is 0.602 e. The molecule has 0 aromatic rings. The lowest BCUT2D eigenvalue weighted by Gasteiger charge is -2.21. The van der Waals surface area contributed by atoms with Gasteiger partial charge in [-0.1, -0.05) is 18.2 Å². The largest absolute Gasteiger partial charge is 0.602 e. The van der Waals surface area contributed by atoms with E-state index in [0.717, 1.165) is 6.42 Å².